The van der Waals surface area contributed by atoms with Crippen LogP contribution in [-0.4, -0.2) is 11.9 Å². The lowest BCUT2D eigenvalue weighted by molar-refractivity contribution is -0.121. The first-order chi connectivity index (χ1) is 8.70. The molecule has 18 heavy (non-hydrogen) atoms. The van der Waals surface area contributed by atoms with Gasteiger partial charge in [-0.2, -0.15) is 0 Å². The molecule has 0 saturated heterocycles. The minimum absolute atomic E-state index is 0.154. The van der Waals surface area contributed by atoms with E-state index in [2.05, 4.69) is 12.2 Å². The fraction of sp³-hybridized carbons (Fsp3) is 0.533. The number of hydrogen-bond acceptors (Lipinski definition) is 2. The van der Waals surface area contributed by atoms with Gasteiger partial charge >= 0.3 is 0 Å². The molecule has 3 nitrogen and oxygen atoms in total. The second kappa shape index (κ2) is 5.89. The lowest BCUT2D eigenvalue weighted by Gasteiger charge is -2.06. The van der Waals surface area contributed by atoms with Crippen molar-refractivity contribution in [3.8, 4) is 0 Å². The fourth-order valence-corrected chi connectivity index (χ4v) is 2.40. The second-order valence-corrected chi connectivity index (χ2v) is 5.16. The van der Waals surface area contributed by atoms with Crippen molar-refractivity contribution in [3.05, 3.63) is 29.8 Å². The van der Waals surface area contributed by atoms with Crippen LogP contribution in [-0.2, 0) is 11.2 Å². The molecule has 0 bridgehead atoms. The number of carbonyl (C=O) groups is 1. The standard InChI is InChI=1S/C15H22N2O/c1-2-5-12-10-14(12)17-15(18)9-8-11-6-3-4-7-13(11)16/h3-4,6-7,12,14H,2,5,8-10,16H2,1H3,(H,17,18). The Kier molecular flexibility index (Phi) is 4.24. The van der Waals surface area contributed by atoms with Crippen molar-refractivity contribution in [2.24, 2.45) is 5.92 Å². The van der Waals surface area contributed by atoms with Crippen LogP contribution in [0.1, 0.15) is 38.2 Å². The molecule has 0 spiro atoms. The molecule has 0 radical (unpaired) electrons. The van der Waals surface area contributed by atoms with Crippen LogP contribution in [0.2, 0.25) is 0 Å². The van der Waals surface area contributed by atoms with Gasteiger partial charge in [0.05, 0.1) is 0 Å². The zero-order valence-corrected chi connectivity index (χ0v) is 11.0. The van der Waals surface area contributed by atoms with Crippen LogP contribution in [0.5, 0.6) is 0 Å². The van der Waals surface area contributed by atoms with Gasteiger partial charge in [0.25, 0.3) is 0 Å². The summed E-state index contributed by atoms with van der Waals surface area (Å²) in [6, 6.07) is 8.18. The van der Waals surface area contributed by atoms with Crippen molar-refractivity contribution in [2.75, 3.05) is 5.73 Å². The van der Waals surface area contributed by atoms with Gasteiger partial charge in [-0.1, -0.05) is 31.5 Å². The Labute approximate surface area is 109 Å². The summed E-state index contributed by atoms with van der Waals surface area (Å²) in [6.45, 7) is 2.19. The van der Waals surface area contributed by atoms with E-state index in [1.54, 1.807) is 0 Å². The largest absolute Gasteiger partial charge is 0.399 e. The van der Waals surface area contributed by atoms with Gasteiger partial charge in [0.15, 0.2) is 0 Å². The SMILES string of the molecule is CCCC1CC1NC(=O)CCc1ccccc1N. The highest BCUT2D eigenvalue weighted by molar-refractivity contribution is 5.77. The number of rotatable bonds is 6. The smallest absolute Gasteiger partial charge is 0.220 e. The zero-order chi connectivity index (χ0) is 13.0. The third-order valence-corrected chi connectivity index (χ3v) is 3.60. The summed E-state index contributed by atoms with van der Waals surface area (Å²) < 4.78 is 0. The summed E-state index contributed by atoms with van der Waals surface area (Å²) in [7, 11) is 0. The van der Waals surface area contributed by atoms with Crippen molar-refractivity contribution in [1.29, 1.82) is 0 Å². The van der Waals surface area contributed by atoms with E-state index >= 15 is 0 Å². The molecular weight excluding hydrogens is 224 g/mol. The maximum Gasteiger partial charge on any atom is 0.220 e. The highest BCUT2D eigenvalue weighted by atomic mass is 16.1. The molecule has 0 aromatic heterocycles. The fourth-order valence-electron chi connectivity index (χ4n) is 2.40. The maximum atomic E-state index is 11.8. The third kappa shape index (κ3) is 3.49. The summed E-state index contributed by atoms with van der Waals surface area (Å²) in [5.74, 6) is 0.877. The molecule has 2 rings (SSSR count). The van der Waals surface area contributed by atoms with E-state index in [9.17, 15) is 4.79 Å². The minimum atomic E-state index is 0.154. The zero-order valence-electron chi connectivity index (χ0n) is 11.0. The highest BCUT2D eigenvalue weighted by Gasteiger charge is 2.36. The van der Waals surface area contributed by atoms with Gasteiger partial charge in [-0.3, -0.25) is 4.79 Å². The van der Waals surface area contributed by atoms with Crippen molar-refractivity contribution in [3.63, 3.8) is 0 Å². The first-order valence-corrected chi connectivity index (χ1v) is 6.83. The quantitative estimate of drug-likeness (QED) is 0.758. The molecule has 1 fully saturated rings. The second-order valence-electron chi connectivity index (χ2n) is 5.16. The first kappa shape index (κ1) is 12.9. The van der Waals surface area contributed by atoms with Gasteiger partial charge in [-0.25, -0.2) is 0 Å². The lowest BCUT2D eigenvalue weighted by Crippen LogP contribution is -2.27. The van der Waals surface area contributed by atoms with Crippen molar-refractivity contribution in [1.82, 2.24) is 5.32 Å². The normalized spacial score (nSPS) is 21.6. The molecule has 2 atom stereocenters. The molecule has 1 aliphatic rings. The van der Waals surface area contributed by atoms with Crippen LogP contribution in [0, 0.1) is 5.92 Å². The molecule has 0 heterocycles. The lowest BCUT2D eigenvalue weighted by atomic mass is 10.1. The van der Waals surface area contributed by atoms with Crippen LogP contribution in [0.15, 0.2) is 24.3 Å². The topological polar surface area (TPSA) is 55.1 Å². The van der Waals surface area contributed by atoms with E-state index in [1.165, 1.54) is 12.8 Å². The molecular formula is C15H22N2O. The highest BCUT2D eigenvalue weighted by Crippen LogP contribution is 2.34. The number of anilines is 1. The summed E-state index contributed by atoms with van der Waals surface area (Å²) in [5, 5.41) is 3.10. The average molecular weight is 246 g/mol. The maximum absolute atomic E-state index is 11.8. The Morgan fingerprint density at radius 1 is 1.44 bits per heavy atom. The summed E-state index contributed by atoms with van der Waals surface area (Å²) in [6.07, 6.45) is 4.86. The average Bonchev–Trinajstić information content (AvgIpc) is 3.07. The van der Waals surface area contributed by atoms with Gasteiger partial charge < -0.3 is 11.1 Å². The number of nitrogens with one attached hydrogen (secondary N) is 1. The Bertz CT molecular complexity index is 417. The molecule has 1 aliphatic carbocycles. The Morgan fingerprint density at radius 2 is 2.22 bits per heavy atom. The van der Waals surface area contributed by atoms with Crippen LogP contribution < -0.4 is 11.1 Å². The molecule has 1 saturated carbocycles. The number of nitrogens with two attached hydrogens (primary N) is 1. The van der Waals surface area contributed by atoms with Gasteiger partial charge in [-0.15, -0.1) is 0 Å². The van der Waals surface area contributed by atoms with Crippen LogP contribution in [0.3, 0.4) is 0 Å². The predicted octanol–water partition coefficient (Wildman–Crippen LogP) is 2.51. The van der Waals surface area contributed by atoms with Crippen molar-refractivity contribution < 1.29 is 4.79 Å². The van der Waals surface area contributed by atoms with E-state index in [1.807, 2.05) is 24.3 Å². The van der Waals surface area contributed by atoms with Crippen LogP contribution in [0.25, 0.3) is 0 Å². The monoisotopic (exact) mass is 246 g/mol. The number of benzene rings is 1. The van der Waals surface area contributed by atoms with Crippen molar-refractivity contribution >= 4 is 11.6 Å². The van der Waals surface area contributed by atoms with E-state index in [-0.39, 0.29) is 5.91 Å². The molecule has 98 valence electrons. The summed E-state index contributed by atoms with van der Waals surface area (Å²) >= 11 is 0. The molecule has 1 aromatic rings. The molecule has 0 aliphatic heterocycles. The van der Waals surface area contributed by atoms with E-state index < -0.39 is 0 Å². The number of carbonyl (C=O) groups excluding carboxylic acids is 1. The molecule has 1 aromatic carbocycles. The number of para-hydroxylation sites is 1. The van der Waals surface area contributed by atoms with Gasteiger partial charge in [0.1, 0.15) is 0 Å². The molecule has 1 amide bonds. The Balaban J connectivity index is 1.71. The van der Waals surface area contributed by atoms with Gasteiger partial charge in [-0.05, 0) is 36.8 Å². The van der Waals surface area contributed by atoms with Gasteiger partial charge in [0, 0.05) is 18.2 Å². The van der Waals surface area contributed by atoms with Crippen LogP contribution in [0.4, 0.5) is 5.69 Å². The minimum Gasteiger partial charge on any atom is -0.399 e. The number of nitrogen functional groups attached to an aromatic ring is 1. The number of hydrogen-bond donors (Lipinski definition) is 2. The van der Waals surface area contributed by atoms with E-state index in [0.717, 1.165) is 30.0 Å². The Hall–Kier alpha value is -1.51. The van der Waals surface area contributed by atoms with Crippen LogP contribution >= 0.6 is 0 Å². The predicted molar refractivity (Wildman–Crippen MR) is 74.1 cm³/mol. The number of aryl methyl sites for hydroxylation is 1. The number of amides is 1. The van der Waals surface area contributed by atoms with Gasteiger partial charge in [0.2, 0.25) is 5.91 Å². The first-order valence-electron chi connectivity index (χ1n) is 6.83. The molecule has 2 unspecified atom stereocenters. The summed E-state index contributed by atoms with van der Waals surface area (Å²) in [4.78, 5) is 11.8. The molecule has 3 heteroatoms. The van der Waals surface area contributed by atoms with Crippen molar-refractivity contribution in [2.45, 2.75) is 45.1 Å². The third-order valence-electron chi connectivity index (χ3n) is 3.60. The van der Waals surface area contributed by atoms with E-state index in [0.29, 0.717) is 12.5 Å². The molecule has 3 N–H and O–H groups in total. The Morgan fingerprint density at radius 3 is 2.94 bits per heavy atom. The summed E-state index contributed by atoms with van der Waals surface area (Å²) in [5.41, 5.74) is 7.69. The van der Waals surface area contributed by atoms with E-state index in [4.69, 9.17) is 5.73 Å².